The van der Waals surface area contributed by atoms with E-state index in [1.807, 2.05) is 6.92 Å². The van der Waals surface area contributed by atoms with Crippen molar-refractivity contribution in [3.05, 3.63) is 58.3 Å². The summed E-state index contributed by atoms with van der Waals surface area (Å²) in [6, 6.07) is 8.02. The van der Waals surface area contributed by atoms with Crippen LogP contribution in [0.15, 0.2) is 41.3 Å². The molecule has 1 aromatic carbocycles. The number of amides is 1. The van der Waals surface area contributed by atoms with Gasteiger partial charge in [0.2, 0.25) is 5.91 Å². The minimum Gasteiger partial charge on any atom is -0.497 e. The maximum atomic E-state index is 14.3. The van der Waals surface area contributed by atoms with Crippen LogP contribution in [0.4, 0.5) is 10.1 Å². The van der Waals surface area contributed by atoms with Crippen molar-refractivity contribution in [2.75, 3.05) is 18.6 Å². The van der Waals surface area contributed by atoms with Crippen molar-refractivity contribution in [1.29, 1.82) is 0 Å². The summed E-state index contributed by atoms with van der Waals surface area (Å²) in [5.74, 6) is -0.404. The molecule has 6 heteroatoms. The fourth-order valence-electron chi connectivity index (χ4n) is 3.09. The lowest BCUT2D eigenvalue weighted by Gasteiger charge is -2.17. The first-order chi connectivity index (χ1) is 11.5. The Bertz CT molecular complexity index is 831. The molecule has 0 radical (unpaired) electrons. The van der Waals surface area contributed by atoms with Crippen LogP contribution in [0.3, 0.4) is 0 Å². The molecule has 2 heterocycles. The van der Waals surface area contributed by atoms with Gasteiger partial charge in [-0.2, -0.15) is 0 Å². The van der Waals surface area contributed by atoms with Gasteiger partial charge in [-0.05, 0) is 30.7 Å². The van der Waals surface area contributed by atoms with Crippen LogP contribution in [-0.2, 0) is 11.3 Å². The second kappa shape index (κ2) is 6.47. The van der Waals surface area contributed by atoms with Gasteiger partial charge in [0.15, 0.2) is 0 Å². The van der Waals surface area contributed by atoms with Crippen molar-refractivity contribution in [3.8, 4) is 5.75 Å². The lowest BCUT2D eigenvalue weighted by molar-refractivity contribution is -0.117. The normalized spacial score (nSPS) is 17.4. The molecule has 0 spiro atoms. The van der Waals surface area contributed by atoms with Gasteiger partial charge >= 0.3 is 0 Å². The molecule has 3 rings (SSSR count). The first-order valence-corrected chi connectivity index (χ1v) is 7.88. The number of anilines is 1. The Balaban J connectivity index is 1.91. The van der Waals surface area contributed by atoms with E-state index in [-0.39, 0.29) is 23.8 Å². The van der Waals surface area contributed by atoms with E-state index in [0.29, 0.717) is 30.1 Å². The number of pyridine rings is 1. The highest BCUT2D eigenvalue weighted by atomic mass is 19.1. The molecule has 1 aliphatic heterocycles. The average Bonchev–Trinajstić information content (AvgIpc) is 2.96. The molecule has 0 unspecified atom stereocenters. The van der Waals surface area contributed by atoms with Gasteiger partial charge in [-0.25, -0.2) is 4.39 Å². The van der Waals surface area contributed by atoms with E-state index >= 15 is 0 Å². The van der Waals surface area contributed by atoms with Gasteiger partial charge in [0.1, 0.15) is 17.3 Å². The predicted molar refractivity (Wildman–Crippen MR) is 89.0 cm³/mol. The number of halogens is 1. The van der Waals surface area contributed by atoms with Crippen LogP contribution in [-0.4, -0.2) is 24.1 Å². The molecule has 0 aliphatic carbocycles. The number of aryl methyl sites for hydroxylation is 1. The van der Waals surface area contributed by atoms with Crippen molar-refractivity contribution >= 4 is 11.6 Å². The van der Waals surface area contributed by atoms with Crippen LogP contribution < -0.4 is 15.2 Å². The highest BCUT2D eigenvalue weighted by Gasteiger charge is 2.34. The van der Waals surface area contributed by atoms with Crippen molar-refractivity contribution < 1.29 is 13.9 Å². The zero-order chi connectivity index (χ0) is 17.3. The van der Waals surface area contributed by atoms with Crippen LogP contribution >= 0.6 is 0 Å². The van der Waals surface area contributed by atoms with E-state index in [0.717, 1.165) is 0 Å². The third-order valence-electron chi connectivity index (χ3n) is 4.40. The summed E-state index contributed by atoms with van der Waals surface area (Å²) < 4.78 is 20.8. The summed E-state index contributed by atoms with van der Waals surface area (Å²) in [4.78, 5) is 26.2. The summed E-state index contributed by atoms with van der Waals surface area (Å²) >= 11 is 0. The maximum absolute atomic E-state index is 14.3. The van der Waals surface area contributed by atoms with Gasteiger partial charge in [-0.3, -0.25) is 9.59 Å². The highest BCUT2D eigenvalue weighted by Crippen LogP contribution is 2.33. The van der Waals surface area contributed by atoms with E-state index in [9.17, 15) is 14.0 Å². The molecule has 1 fully saturated rings. The number of carbonyl (C=O) groups excluding carboxylic acids is 1. The fourth-order valence-corrected chi connectivity index (χ4v) is 3.09. The van der Waals surface area contributed by atoms with Crippen molar-refractivity contribution in [2.24, 2.45) is 0 Å². The Labute approximate surface area is 139 Å². The molecule has 1 saturated heterocycles. The van der Waals surface area contributed by atoms with Crippen molar-refractivity contribution in [3.63, 3.8) is 0 Å². The molecule has 1 aromatic heterocycles. The number of rotatable bonds is 4. The number of hydrogen-bond donors (Lipinski definition) is 0. The van der Waals surface area contributed by atoms with E-state index < -0.39 is 5.82 Å². The average molecular weight is 330 g/mol. The van der Waals surface area contributed by atoms with Crippen LogP contribution in [0.1, 0.15) is 24.8 Å². The topological polar surface area (TPSA) is 51.5 Å². The SMILES string of the molecule is CCn1cccc(N2C[C@@H](c3ccc(OC)cc3F)CC2=O)c1=O. The smallest absolute Gasteiger partial charge is 0.274 e. The van der Waals surface area contributed by atoms with E-state index in [2.05, 4.69) is 0 Å². The molecule has 0 bridgehead atoms. The Morgan fingerprint density at radius 3 is 2.75 bits per heavy atom. The molecule has 0 saturated carbocycles. The molecule has 5 nitrogen and oxygen atoms in total. The fraction of sp³-hybridized carbons (Fsp3) is 0.333. The Morgan fingerprint density at radius 1 is 1.29 bits per heavy atom. The second-order valence-corrected chi connectivity index (χ2v) is 5.78. The molecule has 1 aliphatic rings. The van der Waals surface area contributed by atoms with Crippen LogP contribution in [0, 0.1) is 5.82 Å². The molecular weight excluding hydrogens is 311 g/mol. The third-order valence-corrected chi connectivity index (χ3v) is 4.40. The van der Waals surface area contributed by atoms with Gasteiger partial charge < -0.3 is 14.2 Å². The van der Waals surface area contributed by atoms with E-state index in [1.165, 1.54) is 18.1 Å². The number of nitrogens with zero attached hydrogens (tertiary/aromatic N) is 2. The highest BCUT2D eigenvalue weighted by molar-refractivity contribution is 5.96. The van der Waals surface area contributed by atoms with Crippen molar-refractivity contribution in [1.82, 2.24) is 4.57 Å². The first kappa shape index (κ1) is 16.2. The van der Waals surface area contributed by atoms with Gasteiger partial charge in [0.25, 0.3) is 5.56 Å². The number of methoxy groups -OCH3 is 1. The van der Waals surface area contributed by atoms with Crippen molar-refractivity contribution in [2.45, 2.75) is 25.8 Å². The summed E-state index contributed by atoms with van der Waals surface area (Å²) in [6.45, 7) is 2.70. The quantitative estimate of drug-likeness (QED) is 0.866. The number of aromatic nitrogens is 1. The molecule has 1 atom stereocenters. The summed E-state index contributed by atoms with van der Waals surface area (Å²) in [5, 5.41) is 0. The number of carbonyl (C=O) groups is 1. The molecule has 126 valence electrons. The van der Waals surface area contributed by atoms with Gasteiger partial charge in [0.05, 0.1) is 7.11 Å². The number of benzene rings is 1. The lowest BCUT2D eigenvalue weighted by Crippen LogP contribution is -2.32. The minimum atomic E-state index is -0.395. The number of ether oxygens (including phenoxy) is 1. The van der Waals surface area contributed by atoms with E-state index in [1.54, 1.807) is 35.0 Å². The zero-order valence-electron chi connectivity index (χ0n) is 13.7. The van der Waals surface area contributed by atoms with Gasteiger partial charge in [0, 0.05) is 37.7 Å². The molecule has 1 amide bonds. The predicted octanol–water partition coefficient (Wildman–Crippen LogP) is 2.54. The Hall–Kier alpha value is -2.63. The zero-order valence-corrected chi connectivity index (χ0v) is 13.7. The Morgan fingerprint density at radius 2 is 2.08 bits per heavy atom. The monoisotopic (exact) mass is 330 g/mol. The first-order valence-electron chi connectivity index (χ1n) is 7.88. The van der Waals surface area contributed by atoms with Gasteiger partial charge in [-0.15, -0.1) is 0 Å². The largest absolute Gasteiger partial charge is 0.497 e. The summed E-state index contributed by atoms with van der Waals surface area (Å²) in [5.41, 5.74) is 0.614. The van der Waals surface area contributed by atoms with Crippen LogP contribution in [0.5, 0.6) is 5.75 Å². The molecular formula is C18H19FN2O3. The second-order valence-electron chi connectivity index (χ2n) is 5.78. The lowest BCUT2D eigenvalue weighted by atomic mass is 9.97. The summed E-state index contributed by atoms with van der Waals surface area (Å²) in [7, 11) is 1.48. The van der Waals surface area contributed by atoms with Gasteiger partial charge in [-0.1, -0.05) is 6.07 Å². The van der Waals surface area contributed by atoms with Crippen LogP contribution in [0.2, 0.25) is 0 Å². The standard InChI is InChI=1S/C18H19FN2O3/c1-3-20-8-4-5-16(18(20)23)21-11-12(9-17(21)22)14-7-6-13(24-2)10-15(14)19/h4-8,10,12H,3,9,11H2,1-2H3/t12-/m0/s1. The van der Waals surface area contributed by atoms with E-state index in [4.69, 9.17) is 4.74 Å². The summed E-state index contributed by atoms with van der Waals surface area (Å²) in [6.07, 6.45) is 1.87. The molecule has 0 N–H and O–H groups in total. The maximum Gasteiger partial charge on any atom is 0.274 e. The number of hydrogen-bond acceptors (Lipinski definition) is 3. The third kappa shape index (κ3) is 2.79. The molecule has 2 aromatic rings. The minimum absolute atomic E-state index is 0.166. The molecule has 24 heavy (non-hydrogen) atoms. The van der Waals surface area contributed by atoms with Crippen LogP contribution in [0.25, 0.3) is 0 Å². The Kier molecular flexibility index (Phi) is 4.38.